The molecule has 1 aromatic carbocycles. The lowest BCUT2D eigenvalue weighted by atomic mass is 10.1. The number of ketones is 1. The van der Waals surface area contributed by atoms with Gasteiger partial charge in [0.15, 0.2) is 11.5 Å². The molecule has 0 saturated heterocycles. The fourth-order valence-corrected chi connectivity index (χ4v) is 1.65. The molecule has 0 amide bonds. The lowest BCUT2D eigenvalue weighted by molar-refractivity contribution is -0.145. The zero-order valence-corrected chi connectivity index (χ0v) is 11.4. The molecule has 0 aliphatic heterocycles. The van der Waals surface area contributed by atoms with Gasteiger partial charge >= 0.3 is 5.97 Å². The number of rotatable bonds is 7. The molecule has 0 unspecified atom stereocenters. The van der Waals surface area contributed by atoms with Gasteiger partial charge in [0.1, 0.15) is 12.2 Å². The van der Waals surface area contributed by atoms with E-state index in [1.807, 2.05) is 0 Å². The SMILES string of the molecule is CCOC(=O)CC(=O)Cc1ccc(OC)c(OC)c1. The Morgan fingerprint density at radius 3 is 2.37 bits per heavy atom. The second kappa shape index (κ2) is 7.41. The van der Waals surface area contributed by atoms with Gasteiger partial charge < -0.3 is 14.2 Å². The van der Waals surface area contributed by atoms with Gasteiger partial charge in [-0.15, -0.1) is 0 Å². The van der Waals surface area contributed by atoms with Crippen LogP contribution in [0.4, 0.5) is 0 Å². The standard InChI is InChI=1S/C14H18O5/c1-4-19-14(16)9-11(15)7-10-5-6-12(17-2)13(8-10)18-3/h5-6,8H,4,7,9H2,1-3H3. The van der Waals surface area contributed by atoms with Crippen molar-refractivity contribution in [3.05, 3.63) is 23.8 Å². The van der Waals surface area contributed by atoms with Crippen LogP contribution < -0.4 is 9.47 Å². The quantitative estimate of drug-likeness (QED) is 0.556. The fourth-order valence-electron chi connectivity index (χ4n) is 1.65. The summed E-state index contributed by atoms with van der Waals surface area (Å²) in [5.41, 5.74) is 0.770. The summed E-state index contributed by atoms with van der Waals surface area (Å²) in [6.07, 6.45) is -0.0403. The first-order valence-electron chi connectivity index (χ1n) is 5.99. The van der Waals surface area contributed by atoms with Crippen molar-refractivity contribution in [1.29, 1.82) is 0 Å². The van der Waals surface area contributed by atoms with Gasteiger partial charge in [0.2, 0.25) is 0 Å². The van der Waals surface area contributed by atoms with E-state index < -0.39 is 5.97 Å². The van der Waals surface area contributed by atoms with Gasteiger partial charge in [-0.25, -0.2) is 0 Å². The molecule has 0 aliphatic rings. The van der Waals surface area contributed by atoms with Crippen LogP contribution in [-0.2, 0) is 20.7 Å². The van der Waals surface area contributed by atoms with Gasteiger partial charge in [0, 0.05) is 6.42 Å². The van der Waals surface area contributed by atoms with E-state index in [2.05, 4.69) is 0 Å². The first kappa shape index (κ1) is 15.0. The van der Waals surface area contributed by atoms with Crippen molar-refractivity contribution >= 4 is 11.8 Å². The van der Waals surface area contributed by atoms with E-state index in [9.17, 15) is 9.59 Å². The third kappa shape index (κ3) is 4.62. The average molecular weight is 266 g/mol. The predicted molar refractivity (Wildman–Crippen MR) is 69.5 cm³/mol. The summed E-state index contributed by atoms with van der Waals surface area (Å²) in [5, 5.41) is 0. The smallest absolute Gasteiger partial charge is 0.313 e. The minimum Gasteiger partial charge on any atom is -0.493 e. The van der Waals surface area contributed by atoms with E-state index in [4.69, 9.17) is 14.2 Å². The molecule has 5 nitrogen and oxygen atoms in total. The van der Waals surface area contributed by atoms with Crippen molar-refractivity contribution < 1.29 is 23.8 Å². The minimum atomic E-state index is -0.493. The lowest BCUT2D eigenvalue weighted by Crippen LogP contribution is -2.13. The van der Waals surface area contributed by atoms with Crippen LogP contribution in [0.25, 0.3) is 0 Å². The Kier molecular flexibility index (Phi) is 5.85. The van der Waals surface area contributed by atoms with E-state index in [0.29, 0.717) is 11.5 Å². The van der Waals surface area contributed by atoms with Crippen LogP contribution in [0.2, 0.25) is 0 Å². The Morgan fingerprint density at radius 2 is 1.79 bits per heavy atom. The van der Waals surface area contributed by atoms with Crippen molar-refractivity contribution in [2.75, 3.05) is 20.8 Å². The number of esters is 1. The maximum Gasteiger partial charge on any atom is 0.313 e. The number of ether oxygens (including phenoxy) is 3. The minimum absolute atomic E-state index is 0.166. The predicted octanol–water partition coefficient (Wildman–Crippen LogP) is 1.77. The lowest BCUT2D eigenvalue weighted by Gasteiger charge is -2.09. The van der Waals surface area contributed by atoms with E-state index in [1.165, 1.54) is 7.11 Å². The number of carbonyl (C=O) groups excluding carboxylic acids is 2. The van der Waals surface area contributed by atoms with Crippen molar-refractivity contribution in [3.8, 4) is 11.5 Å². The van der Waals surface area contributed by atoms with E-state index in [1.54, 1.807) is 32.2 Å². The maximum atomic E-state index is 11.7. The van der Waals surface area contributed by atoms with Crippen molar-refractivity contribution in [1.82, 2.24) is 0 Å². The molecule has 1 aromatic rings. The molecule has 0 saturated carbocycles. The molecule has 0 radical (unpaired) electrons. The fraction of sp³-hybridized carbons (Fsp3) is 0.429. The third-order valence-electron chi connectivity index (χ3n) is 2.50. The molecule has 0 N–H and O–H groups in total. The van der Waals surface area contributed by atoms with Crippen molar-refractivity contribution in [2.24, 2.45) is 0 Å². The van der Waals surface area contributed by atoms with Crippen LogP contribution in [0.5, 0.6) is 11.5 Å². The van der Waals surface area contributed by atoms with Gasteiger partial charge in [-0.2, -0.15) is 0 Å². The van der Waals surface area contributed by atoms with Gasteiger partial charge in [-0.3, -0.25) is 9.59 Å². The molecule has 0 heterocycles. The van der Waals surface area contributed by atoms with Gasteiger partial charge in [-0.05, 0) is 24.6 Å². The highest BCUT2D eigenvalue weighted by Crippen LogP contribution is 2.27. The number of hydrogen-bond donors (Lipinski definition) is 0. The first-order chi connectivity index (χ1) is 9.10. The molecular weight excluding hydrogens is 248 g/mol. The van der Waals surface area contributed by atoms with Gasteiger partial charge in [0.25, 0.3) is 0 Å². The van der Waals surface area contributed by atoms with E-state index in [-0.39, 0.29) is 25.2 Å². The number of Topliss-reactive ketones (excluding diaryl/α,β-unsaturated/α-hetero) is 1. The Bertz CT molecular complexity index is 453. The molecule has 0 spiro atoms. The largest absolute Gasteiger partial charge is 0.493 e. The second-order valence-electron chi connectivity index (χ2n) is 3.89. The summed E-state index contributed by atoms with van der Waals surface area (Å²) in [7, 11) is 3.07. The van der Waals surface area contributed by atoms with Crippen LogP contribution in [0.15, 0.2) is 18.2 Å². The monoisotopic (exact) mass is 266 g/mol. The summed E-state index contributed by atoms with van der Waals surface area (Å²) in [4.78, 5) is 22.9. The molecule has 1 rings (SSSR count). The zero-order chi connectivity index (χ0) is 14.3. The number of methoxy groups -OCH3 is 2. The maximum absolute atomic E-state index is 11.7. The summed E-state index contributed by atoms with van der Waals surface area (Å²) >= 11 is 0. The van der Waals surface area contributed by atoms with Crippen molar-refractivity contribution in [3.63, 3.8) is 0 Å². The Labute approximate surface area is 112 Å². The van der Waals surface area contributed by atoms with Gasteiger partial charge in [-0.1, -0.05) is 6.07 Å². The highest BCUT2D eigenvalue weighted by Gasteiger charge is 2.12. The average Bonchev–Trinajstić information content (AvgIpc) is 2.38. The molecule has 0 bridgehead atoms. The van der Waals surface area contributed by atoms with Crippen LogP contribution in [0.1, 0.15) is 18.9 Å². The molecule has 0 fully saturated rings. The van der Waals surface area contributed by atoms with Crippen LogP contribution in [0.3, 0.4) is 0 Å². The summed E-state index contributed by atoms with van der Waals surface area (Å²) < 4.78 is 15.0. The molecule has 0 aromatic heterocycles. The Morgan fingerprint density at radius 1 is 1.11 bits per heavy atom. The Balaban J connectivity index is 2.66. The van der Waals surface area contributed by atoms with Crippen LogP contribution in [-0.4, -0.2) is 32.6 Å². The number of hydrogen-bond acceptors (Lipinski definition) is 5. The summed E-state index contributed by atoms with van der Waals surface area (Å²) in [6, 6.07) is 5.22. The van der Waals surface area contributed by atoms with Crippen molar-refractivity contribution in [2.45, 2.75) is 19.8 Å². The third-order valence-corrected chi connectivity index (χ3v) is 2.50. The molecule has 104 valence electrons. The normalized spacial score (nSPS) is 9.84. The highest BCUT2D eigenvalue weighted by molar-refractivity contribution is 5.96. The van der Waals surface area contributed by atoms with Gasteiger partial charge in [0.05, 0.1) is 20.8 Å². The molecule has 0 atom stereocenters. The first-order valence-corrected chi connectivity index (χ1v) is 5.99. The molecule has 5 heteroatoms. The highest BCUT2D eigenvalue weighted by atomic mass is 16.5. The van der Waals surface area contributed by atoms with Crippen LogP contribution in [0, 0.1) is 0 Å². The zero-order valence-electron chi connectivity index (χ0n) is 11.4. The molecule has 0 aliphatic carbocycles. The summed E-state index contributed by atoms with van der Waals surface area (Å²) in [6.45, 7) is 1.99. The second-order valence-corrected chi connectivity index (χ2v) is 3.89. The number of benzene rings is 1. The van der Waals surface area contributed by atoms with E-state index in [0.717, 1.165) is 5.56 Å². The number of carbonyl (C=O) groups is 2. The Hall–Kier alpha value is -2.04. The molecular formula is C14H18O5. The topological polar surface area (TPSA) is 61.8 Å². The van der Waals surface area contributed by atoms with E-state index >= 15 is 0 Å². The molecule has 19 heavy (non-hydrogen) atoms. The summed E-state index contributed by atoms with van der Waals surface area (Å²) in [5.74, 6) is 0.478. The van der Waals surface area contributed by atoms with Crippen LogP contribution >= 0.6 is 0 Å².